The van der Waals surface area contributed by atoms with Crippen molar-refractivity contribution in [2.45, 2.75) is 10.6 Å². The molecule has 0 atom stereocenters. The molecule has 0 radical (unpaired) electrons. The number of para-hydroxylation sites is 2. The van der Waals surface area contributed by atoms with Crippen LogP contribution in [0.2, 0.25) is 0 Å². The molecule has 1 amide bonds. The van der Waals surface area contributed by atoms with Gasteiger partial charge in [0.15, 0.2) is 11.6 Å². The lowest BCUT2D eigenvalue weighted by molar-refractivity contribution is -0.118. The first-order chi connectivity index (χ1) is 17.2. The lowest BCUT2D eigenvalue weighted by Crippen LogP contribution is -2.20. The highest BCUT2D eigenvalue weighted by Crippen LogP contribution is 2.30. The summed E-state index contributed by atoms with van der Waals surface area (Å²) < 4.78 is 7.18. The van der Waals surface area contributed by atoms with Crippen LogP contribution in [-0.4, -0.2) is 21.9 Å². The highest BCUT2D eigenvalue weighted by Gasteiger charge is 2.12. The third kappa shape index (κ3) is 5.45. The molecular weight excluding hydrogens is 478 g/mol. The zero-order valence-electron chi connectivity index (χ0n) is 18.6. The Hall–Kier alpha value is -3.88. The van der Waals surface area contributed by atoms with Crippen LogP contribution < -0.4 is 15.6 Å². The number of thioether (sulfide) groups is 1. The monoisotopic (exact) mass is 499 g/mol. The summed E-state index contributed by atoms with van der Waals surface area (Å²) in [6.07, 6.45) is 0. The van der Waals surface area contributed by atoms with Gasteiger partial charge in [-0.15, -0.1) is 23.1 Å². The third-order valence-electron chi connectivity index (χ3n) is 5.18. The molecule has 0 aliphatic carbocycles. The maximum absolute atomic E-state index is 12.9. The number of carbonyl (C=O) groups excluding carboxylic acids is 1. The van der Waals surface area contributed by atoms with E-state index in [2.05, 4.69) is 5.32 Å². The maximum Gasteiger partial charge on any atom is 0.262 e. The maximum atomic E-state index is 12.9. The molecule has 5 aromatic rings. The third-order valence-corrected chi connectivity index (χ3v) is 7.11. The molecule has 0 bridgehead atoms. The van der Waals surface area contributed by atoms with Gasteiger partial charge < -0.3 is 10.1 Å². The molecule has 174 valence electrons. The van der Waals surface area contributed by atoms with Crippen molar-refractivity contribution in [2.75, 3.05) is 11.9 Å². The molecule has 2 heterocycles. The molecule has 2 aromatic heterocycles. The lowest BCUT2D eigenvalue weighted by Gasteiger charge is -2.11. The average Bonchev–Trinajstić information content (AvgIpc) is 3.33. The fourth-order valence-electron chi connectivity index (χ4n) is 3.55. The fraction of sp³-hybridized carbons (Fsp3) is 0.0741. The Balaban J connectivity index is 1.28. The van der Waals surface area contributed by atoms with E-state index >= 15 is 0 Å². The van der Waals surface area contributed by atoms with Crippen LogP contribution in [0.4, 0.5) is 5.69 Å². The Morgan fingerprint density at radius 1 is 0.971 bits per heavy atom. The minimum absolute atomic E-state index is 0.0832. The van der Waals surface area contributed by atoms with Crippen LogP contribution in [0.5, 0.6) is 5.75 Å². The van der Waals surface area contributed by atoms with E-state index in [9.17, 15) is 9.59 Å². The van der Waals surface area contributed by atoms with Crippen LogP contribution in [0.3, 0.4) is 0 Å². The number of hydrogen-bond donors (Lipinski definition) is 1. The molecular formula is C27H21N3O3S2. The van der Waals surface area contributed by atoms with E-state index in [1.54, 1.807) is 22.6 Å². The molecule has 6 nitrogen and oxygen atoms in total. The summed E-state index contributed by atoms with van der Waals surface area (Å²) in [4.78, 5) is 31.6. The SMILES string of the molecule is O=C(COc1ccccc1)Nc1ccccc1SCc1cc(=O)n2c(-c3ccccc3)csc2n1. The first-order valence-corrected chi connectivity index (χ1v) is 12.8. The van der Waals surface area contributed by atoms with Gasteiger partial charge in [0.05, 0.1) is 17.1 Å². The smallest absolute Gasteiger partial charge is 0.262 e. The zero-order chi connectivity index (χ0) is 24.0. The van der Waals surface area contributed by atoms with Crippen molar-refractivity contribution < 1.29 is 9.53 Å². The molecule has 5 rings (SSSR count). The van der Waals surface area contributed by atoms with Crippen molar-refractivity contribution in [2.24, 2.45) is 0 Å². The molecule has 8 heteroatoms. The number of aromatic nitrogens is 2. The topological polar surface area (TPSA) is 72.7 Å². The minimum Gasteiger partial charge on any atom is -0.484 e. The van der Waals surface area contributed by atoms with Crippen LogP contribution in [0.25, 0.3) is 16.2 Å². The number of fused-ring (bicyclic) bond motifs is 1. The molecule has 0 aliphatic heterocycles. The van der Waals surface area contributed by atoms with E-state index in [0.717, 1.165) is 16.2 Å². The van der Waals surface area contributed by atoms with Crippen molar-refractivity contribution in [1.82, 2.24) is 9.38 Å². The molecule has 0 saturated carbocycles. The van der Waals surface area contributed by atoms with Crippen LogP contribution in [-0.2, 0) is 10.5 Å². The van der Waals surface area contributed by atoms with E-state index in [-0.39, 0.29) is 18.1 Å². The van der Waals surface area contributed by atoms with Crippen LogP contribution >= 0.6 is 23.1 Å². The lowest BCUT2D eigenvalue weighted by atomic mass is 10.2. The summed E-state index contributed by atoms with van der Waals surface area (Å²) in [5.41, 5.74) is 3.10. The highest BCUT2D eigenvalue weighted by atomic mass is 32.2. The zero-order valence-corrected chi connectivity index (χ0v) is 20.2. The number of thiazole rings is 1. The second-order valence-electron chi connectivity index (χ2n) is 7.63. The summed E-state index contributed by atoms with van der Waals surface area (Å²) in [5, 5.41) is 4.87. The number of ether oxygens (including phenoxy) is 1. The number of anilines is 1. The van der Waals surface area contributed by atoms with Gasteiger partial charge in [0.1, 0.15) is 5.75 Å². The standard InChI is InChI=1S/C27H21N3O3S2/c31-25(16-33-21-11-5-2-6-12-21)29-22-13-7-8-14-24(22)34-17-20-15-26(32)30-23(18-35-27(30)28-20)19-9-3-1-4-10-19/h1-15,18H,16-17H2,(H,29,31). The van der Waals surface area contributed by atoms with E-state index in [1.165, 1.54) is 23.1 Å². The van der Waals surface area contributed by atoms with Gasteiger partial charge >= 0.3 is 0 Å². The number of nitrogens with zero attached hydrogens (tertiary/aromatic N) is 2. The largest absolute Gasteiger partial charge is 0.484 e. The van der Waals surface area contributed by atoms with Crippen LogP contribution in [0, 0.1) is 0 Å². The molecule has 0 spiro atoms. The van der Waals surface area contributed by atoms with Gasteiger partial charge in [0, 0.05) is 22.1 Å². The summed E-state index contributed by atoms with van der Waals surface area (Å²) in [6, 6.07) is 28.2. The number of rotatable bonds is 8. The number of amides is 1. The predicted octanol–water partition coefficient (Wildman–Crippen LogP) is 5.73. The van der Waals surface area contributed by atoms with E-state index in [1.807, 2.05) is 78.2 Å². The van der Waals surface area contributed by atoms with Gasteiger partial charge in [0.25, 0.3) is 11.5 Å². The normalized spacial score (nSPS) is 10.9. The molecule has 35 heavy (non-hydrogen) atoms. The molecule has 0 aliphatic rings. The van der Waals surface area contributed by atoms with Crippen LogP contribution in [0.15, 0.2) is 106 Å². The minimum atomic E-state index is -0.244. The molecule has 1 N–H and O–H groups in total. The van der Waals surface area contributed by atoms with E-state index < -0.39 is 0 Å². The van der Waals surface area contributed by atoms with Gasteiger partial charge in [-0.25, -0.2) is 4.98 Å². The molecule has 0 unspecified atom stereocenters. The second-order valence-corrected chi connectivity index (χ2v) is 9.48. The predicted molar refractivity (Wildman–Crippen MR) is 141 cm³/mol. The van der Waals surface area contributed by atoms with Crippen molar-refractivity contribution in [3.05, 3.63) is 112 Å². The Morgan fingerprint density at radius 3 is 2.49 bits per heavy atom. The first kappa shape index (κ1) is 22.9. The van der Waals surface area contributed by atoms with Crippen molar-refractivity contribution in [3.63, 3.8) is 0 Å². The summed E-state index contributed by atoms with van der Waals surface area (Å²) in [7, 11) is 0. The Kier molecular flexibility index (Phi) is 6.92. The van der Waals surface area contributed by atoms with Gasteiger partial charge in [-0.05, 0) is 29.8 Å². The average molecular weight is 500 g/mol. The van der Waals surface area contributed by atoms with E-state index in [4.69, 9.17) is 9.72 Å². The Morgan fingerprint density at radius 2 is 1.69 bits per heavy atom. The van der Waals surface area contributed by atoms with E-state index in [0.29, 0.717) is 27.8 Å². The molecule has 0 saturated heterocycles. The second kappa shape index (κ2) is 10.6. The summed E-state index contributed by atoms with van der Waals surface area (Å²) in [5.74, 6) is 0.895. The van der Waals surface area contributed by atoms with Crippen molar-refractivity contribution >= 4 is 39.7 Å². The first-order valence-electron chi connectivity index (χ1n) is 10.9. The van der Waals surface area contributed by atoms with Gasteiger partial charge in [0.2, 0.25) is 0 Å². The Bertz CT molecular complexity index is 1520. The van der Waals surface area contributed by atoms with Gasteiger partial charge in [-0.3, -0.25) is 14.0 Å². The van der Waals surface area contributed by atoms with Crippen LogP contribution in [0.1, 0.15) is 5.69 Å². The summed E-state index contributed by atoms with van der Waals surface area (Å²) >= 11 is 2.96. The Labute approximate surface area is 210 Å². The number of benzene rings is 3. The number of carbonyl (C=O) groups is 1. The fourth-order valence-corrected chi connectivity index (χ4v) is 5.37. The summed E-state index contributed by atoms with van der Waals surface area (Å²) in [6.45, 7) is -0.0832. The van der Waals surface area contributed by atoms with Gasteiger partial charge in [-0.2, -0.15) is 0 Å². The van der Waals surface area contributed by atoms with Crippen molar-refractivity contribution in [1.29, 1.82) is 0 Å². The quantitative estimate of drug-likeness (QED) is 0.276. The van der Waals surface area contributed by atoms with Crippen molar-refractivity contribution in [3.8, 4) is 17.0 Å². The number of hydrogen-bond acceptors (Lipinski definition) is 6. The molecule has 3 aromatic carbocycles. The van der Waals surface area contributed by atoms with Gasteiger partial charge in [-0.1, -0.05) is 60.7 Å². The highest BCUT2D eigenvalue weighted by molar-refractivity contribution is 7.98. The number of nitrogens with one attached hydrogen (secondary N) is 1. The molecule has 0 fully saturated rings.